The lowest BCUT2D eigenvalue weighted by atomic mass is 10.4. The minimum absolute atomic E-state index is 0. The molecule has 0 aliphatic carbocycles. The summed E-state index contributed by atoms with van der Waals surface area (Å²) in [7, 11) is 4.47. The van der Waals surface area contributed by atoms with Crippen LogP contribution in [0.3, 0.4) is 0 Å². The van der Waals surface area contributed by atoms with Crippen molar-refractivity contribution in [3.8, 4) is 0 Å². The molecule has 0 aliphatic heterocycles. The minimum atomic E-state index is 0. The van der Waals surface area contributed by atoms with Gasteiger partial charge < -0.3 is 16.9 Å². The lowest BCUT2D eigenvalue weighted by Crippen LogP contribution is -3.00. The second kappa shape index (κ2) is 7.38. The van der Waals surface area contributed by atoms with Gasteiger partial charge in [-0.3, -0.25) is 0 Å². The maximum absolute atomic E-state index is 2.24. The number of quaternary nitrogens is 1. The average molecular weight is 190 g/mol. The lowest BCUT2D eigenvalue weighted by molar-refractivity contribution is -0.882. The SMILES string of the molecule is CC=CC=CC[N+](C)(C)CC.[Cl-]. The number of hydrogen-bond donors (Lipinski definition) is 0. The Morgan fingerprint density at radius 3 is 2.17 bits per heavy atom. The molecule has 0 saturated carbocycles. The summed E-state index contributed by atoms with van der Waals surface area (Å²) in [5.41, 5.74) is 0. The molecule has 12 heavy (non-hydrogen) atoms. The van der Waals surface area contributed by atoms with E-state index in [4.69, 9.17) is 0 Å². The first-order valence-corrected chi connectivity index (χ1v) is 4.22. The molecule has 0 fully saturated rings. The Balaban J connectivity index is 0. The van der Waals surface area contributed by atoms with E-state index in [0.717, 1.165) is 11.0 Å². The van der Waals surface area contributed by atoms with Gasteiger partial charge in [0.25, 0.3) is 0 Å². The molecular formula is C10H20ClN. The van der Waals surface area contributed by atoms with Crippen LogP contribution in [0.25, 0.3) is 0 Å². The van der Waals surface area contributed by atoms with Crippen LogP contribution in [0.5, 0.6) is 0 Å². The number of halogens is 1. The van der Waals surface area contributed by atoms with Crippen LogP contribution in [0.1, 0.15) is 13.8 Å². The Hall–Kier alpha value is -0.270. The Bertz CT molecular complexity index is 148. The highest BCUT2D eigenvalue weighted by Gasteiger charge is 2.06. The van der Waals surface area contributed by atoms with Gasteiger partial charge in [0, 0.05) is 0 Å². The first-order chi connectivity index (χ1) is 5.12. The molecule has 0 bridgehead atoms. The lowest BCUT2D eigenvalue weighted by Gasteiger charge is -2.26. The third kappa shape index (κ3) is 7.83. The van der Waals surface area contributed by atoms with E-state index in [1.807, 2.05) is 13.0 Å². The van der Waals surface area contributed by atoms with E-state index >= 15 is 0 Å². The molecule has 2 heteroatoms. The monoisotopic (exact) mass is 189 g/mol. The van der Waals surface area contributed by atoms with Gasteiger partial charge in [-0.1, -0.05) is 18.2 Å². The predicted octanol–water partition coefficient (Wildman–Crippen LogP) is -0.781. The number of allylic oxidation sites excluding steroid dienone is 3. The van der Waals surface area contributed by atoms with Crippen molar-refractivity contribution in [2.45, 2.75) is 13.8 Å². The molecule has 0 unspecified atom stereocenters. The van der Waals surface area contributed by atoms with Crippen molar-refractivity contribution in [2.75, 3.05) is 27.2 Å². The number of likely N-dealkylation sites (N-methyl/N-ethyl adjacent to an activating group) is 1. The van der Waals surface area contributed by atoms with Gasteiger partial charge in [0.1, 0.15) is 0 Å². The van der Waals surface area contributed by atoms with Crippen LogP contribution in [0.15, 0.2) is 24.3 Å². The molecule has 0 saturated heterocycles. The Kier molecular flexibility index (Phi) is 8.78. The van der Waals surface area contributed by atoms with Gasteiger partial charge in [-0.05, 0) is 19.9 Å². The maximum atomic E-state index is 2.24. The fourth-order valence-corrected chi connectivity index (χ4v) is 0.665. The van der Waals surface area contributed by atoms with Crippen LogP contribution in [-0.2, 0) is 0 Å². The molecular weight excluding hydrogens is 170 g/mol. The van der Waals surface area contributed by atoms with Crippen molar-refractivity contribution in [3.63, 3.8) is 0 Å². The highest BCUT2D eigenvalue weighted by molar-refractivity contribution is 5.00. The molecule has 0 amide bonds. The van der Waals surface area contributed by atoms with Gasteiger partial charge in [-0.25, -0.2) is 0 Å². The van der Waals surface area contributed by atoms with Gasteiger partial charge in [-0.15, -0.1) is 0 Å². The van der Waals surface area contributed by atoms with Gasteiger partial charge in [-0.2, -0.15) is 0 Å². The van der Waals surface area contributed by atoms with E-state index in [1.165, 1.54) is 6.54 Å². The molecule has 0 atom stereocenters. The molecule has 0 aromatic rings. The van der Waals surface area contributed by atoms with Crippen LogP contribution < -0.4 is 12.4 Å². The van der Waals surface area contributed by atoms with Crippen molar-refractivity contribution in [3.05, 3.63) is 24.3 Å². The average Bonchev–Trinajstić information content (AvgIpc) is 1.99. The van der Waals surface area contributed by atoms with Crippen LogP contribution in [-0.4, -0.2) is 31.7 Å². The van der Waals surface area contributed by atoms with E-state index < -0.39 is 0 Å². The molecule has 0 rings (SSSR count). The molecule has 0 aromatic carbocycles. The van der Waals surface area contributed by atoms with Crippen LogP contribution >= 0.6 is 0 Å². The normalized spacial score (nSPS) is 12.3. The standard InChI is InChI=1S/C10H20N.ClH/c1-5-7-8-9-10-11(3,4)6-2;/h5,7-9H,6,10H2,1-4H3;1H/q+1;/p-1. The van der Waals surface area contributed by atoms with E-state index in [1.54, 1.807) is 0 Å². The fourth-order valence-electron chi connectivity index (χ4n) is 0.665. The molecule has 0 heterocycles. The van der Waals surface area contributed by atoms with Gasteiger partial charge >= 0.3 is 0 Å². The Morgan fingerprint density at radius 1 is 1.17 bits per heavy atom. The van der Waals surface area contributed by atoms with Crippen LogP contribution in [0.2, 0.25) is 0 Å². The van der Waals surface area contributed by atoms with E-state index in [2.05, 4.69) is 39.2 Å². The largest absolute Gasteiger partial charge is 1.00 e. The number of nitrogens with zero attached hydrogens (tertiary/aromatic N) is 1. The third-order valence-electron chi connectivity index (χ3n) is 1.90. The van der Waals surface area contributed by atoms with Crippen molar-refractivity contribution < 1.29 is 16.9 Å². The summed E-state index contributed by atoms with van der Waals surface area (Å²) in [6.07, 6.45) is 8.43. The summed E-state index contributed by atoms with van der Waals surface area (Å²) in [4.78, 5) is 0. The Morgan fingerprint density at radius 2 is 1.75 bits per heavy atom. The molecule has 0 N–H and O–H groups in total. The summed E-state index contributed by atoms with van der Waals surface area (Å²) in [6.45, 7) is 6.54. The van der Waals surface area contributed by atoms with Gasteiger partial charge in [0.05, 0.1) is 27.2 Å². The summed E-state index contributed by atoms with van der Waals surface area (Å²) >= 11 is 0. The van der Waals surface area contributed by atoms with Crippen molar-refractivity contribution in [1.29, 1.82) is 0 Å². The van der Waals surface area contributed by atoms with Crippen LogP contribution in [0, 0.1) is 0 Å². The van der Waals surface area contributed by atoms with Crippen molar-refractivity contribution >= 4 is 0 Å². The molecule has 0 radical (unpaired) electrons. The Labute approximate surface area is 82.8 Å². The zero-order valence-electron chi connectivity index (χ0n) is 8.55. The highest BCUT2D eigenvalue weighted by atomic mass is 35.5. The number of rotatable bonds is 4. The first kappa shape index (κ1) is 14.3. The maximum Gasteiger partial charge on any atom is 0.0972 e. The summed E-state index contributed by atoms with van der Waals surface area (Å²) in [5.74, 6) is 0. The zero-order chi connectivity index (χ0) is 8.74. The number of hydrogen-bond acceptors (Lipinski definition) is 0. The first-order valence-electron chi connectivity index (χ1n) is 4.22. The van der Waals surface area contributed by atoms with Gasteiger partial charge in [0.2, 0.25) is 0 Å². The molecule has 72 valence electrons. The predicted molar refractivity (Wildman–Crippen MR) is 51.5 cm³/mol. The highest BCUT2D eigenvalue weighted by Crippen LogP contribution is 1.95. The second-order valence-electron chi connectivity index (χ2n) is 3.39. The summed E-state index contributed by atoms with van der Waals surface area (Å²) in [5, 5.41) is 0. The quantitative estimate of drug-likeness (QED) is 0.402. The summed E-state index contributed by atoms with van der Waals surface area (Å²) < 4.78 is 1.06. The molecule has 0 spiro atoms. The van der Waals surface area contributed by atoms with E-state index in [-0.39, 0.29) is 12.4 Å². The minimum Gasteiger partial charge on any atom is -1.00 e. The second-order valence-corrected chi connectivity index (χ2v) is 3.39. The molecule has 0 aromatic heterocycles. The van der Waals surface area contributed by atoms with E-state index in [0.29, 0.717) is 0 Å². The van der Waals surface area contributed by atoms with E-state index in [9.17, 15) is 0 Å². The van der Waals surface area contributed by atoms with Crippen LogP contribution in [0.4, 0.5) is 0 Å². The van der Waals surface area contributed by atoms with Gasteiger partial charge in [0.15, 0.2) is 0 Å². The summed E-state index contributed by atoms with van der Waals surface area (Å²) in [6, 6.07) is 0. The smallest absolute Gasteiger partial charge is 0.0972 e. The topological polar surface area (TPSA) is 0 Å². The zero-order valence-corrected chi connectivity index (χ0v) is 9.30. The van der Waals surface area contributed by atoms with Crippen molar-refractivity contribution in [2.24, 2.45) is 0 Å². The third-order valence-corrected chi connectivity index (χ3v) is 1.90. The van der Waals surface area contributed by atoms with Crippen molar-refractivity contribution in [1.82, 2.24) is 0 Å². The molecule has 0 aliphatic rings. The molecule has 1 nitrogen and oxygen atoms in total. The fraction of sp³-hybridized carbons (Fsp3) is 0.600.